The monoisotopic (exact) mass is 855 g/mol. The molecule has 3 saturated heterocycles. The molecule has 0 aromatic heterocycles. The lowest BCUT2D eigenvalue weighted by Gasteiger charge is -2.41. The Balaban J connectivity index is 1.42. The lowest BCUT2D eigenvalue weighted by Crippen LogP contribution is -2.61. The summed E-state index contributed by atoms with van der Waals surface area (Å²) in [6.07, 6.45) is -0.183. The van der Waals surface area contributed by atoms with Crippen LogP contribution < -0.4 is 27.0 Å². The largest absolute Gasteiger partial charge is 0.465 e. The molecule has 62 heavy (non-hydrogen) atoms. The van der Waals surface area contributed by atoms with E-state index in [2.05, 4.69) is 15.5 Å². The number of nitrogens with one attached hydrogen (secondary N) is 2. The second-order valence-electron chi connectivity index (χ2n) is 18.9. The van der Waals surface area contributed by atoms with Crippen LogP contribution in [0.3, 0.4) is 0 Å². The zero-order valence-corrected chi connectivity index (χ0v) is 36.1. The SMILES string of the molecule is CC(C)(C)[C@H](NC(=O)O)C(=O)N1CCC[C@@]1(C(N)=O)c1cccc([C@H]2CC[C@@H](c3cccc([C@]4(C(N)=O)CCCN4C(=O)[C@@H](NC(=O)O)C(C)(C)C)c3)N2c2ccc(F)cc2)c1. The minimum absolute atomic E-state index is 0.187. The van der Waals surface area contributed by atoms with Gasteiger partial charge >= 0.3 is 12.2 Å². The van der Waals surface area contributed by atoms with Crippen LogP contribution in [0.1, 0.15) is 114 Å². The third kappa shape index (κ3) is 8.26. The highest BCUT2D eigenvalue weighted by atomic mass is 19.1. The number of rotatable bonds is 11. The minimum atomic E-state index is -1.57. The Bertz CT molecular complexity index is 2110. The molecule has 6 atom stereocenters. The van der Waals surface area contributed by atoms with Crippen LogP contribution in [0.25, 0.3) is 0 Å². The summed E-state index contributed by atoms with van der Waals surface area (Å²) in [4.78, 5) is 84.6. The van der Waals surface area contributed by atoms with Crippen LogP contribution in [0.2, 0.25) is 0 Å². The third-order valence-electron chi connectivity index (χ3n) is 12.9. The van der Waals surface area contributed by atoms with Gasteiger partial charge in [-0.3, -0.25) is 19.2 Å². The molecular formula is C46H58FN7O8. The topological polar surface area (TPSA) is 229 Å². The first-order valence-corrected chi connectivity index (χ1v) is 21.0. The summed E-state index contributed by atoms with van der Waals surface area (Å²) >= 11 is 0. The molecule has 0 spiro atoms. The van der Waals surface area contributed by atoms with Gasteiger partial charge in [0.25, 0.3) is 0 Å². The molecule has 3 fully saturated rings. The zero-order chi connectivity index (χ0) is 45.5. The first-order valence-electron chi connectivity index (χ1n) is 21.0. The Morgan fingerprint density at radius 3 is 1.39 bits per heavy atom. The predicted molar refractivity (Wildman–Crippen MR) is 229 cm³/mol. The third-order valence-corrected chi connectivity index (χ3v) is 12.9. The second kappa shape index (κ2) is 16.9. The Morgan fingerprint density at radius 2 is 1.05 bits per heavy atom. The molecule has 3 aliphatic heterocycles. The van der Waals surface area contributed by atoms with Crippen LogP contribution in [0.15, 0.2) is 72.8 Å². The first-order chi connectivity index (χ1) is 29.0. The average Bonchev–Trinajstić information content (AvgIpc) is 3.97. The molecule has 6 amide bonds. The van der Waals surface area contributed by atoms with Gasteiger partial charge in [-0.15, -0.1) is 0 Å². The van der Waals surface area contributed by atoms with E-state index in [-0.39, 0.29) is 38.0 Å². The van der Waals surface area contributed by atoms with Gasteiger partial charge in [0.15, 0.2) is 0 Å². The fourth-order valence-corrected chi connectivity index (χ4v) is 9.93. The molecule has 3 aromatic carbocycles. The quantitative estimate of drug-likeness (QED) is 0.135. The maximum Gasteiger partial charge on any atom is 0.405 e. The van der Waals surface area contributed by atoms with Gasteiger partial charge in [-0.2, -0.15) is 0 Å². The van der Waals surface area contributed by atoms with Gasteiger partial charge in [0.2, 0.25) is 23.6 Å². The van der Waals surface area contributed by atoms with Gasteiger partial charge in [0.1, 0.15) is 29.0 Å². The van der Waals surface area contributed by atoms with Crippen LogP contribution in [-0.2, 0) is 30.3 Å². The number of carbonyl (C=O) groups excluding carboxylic acids is 4. The summed E-state index contributed by atoms with van der Waals surface area (Å²) in [5, 5.41) is 24.0. The van der Waals surface area contributed by atoms with E-state index in [0.717, 1.165) is 11.1 Å². The Hall–Kier alpha value is -6.19. The summed E-state index contributed by atoms with van der Waals surface area (Å²) in [5.74, 6) is -3.02. The minimum Gasteiger partial charge on any atom is -0.465 e. The van der Waals surface area contributed by atoms with Crippen LogP contribution >= 0.6 is 0 Å². The van der Waals surface area contributed by atoms with Crippen molar-refractivity contribution in [2.75, 3.05) is 18.0 Å². The molecule has 0 aliphatic carbocycles. The highest BCUT2D eigenvalue weighted by Gasteiger charge is 2.54. The zero-order valence-electron chi connectivity index (χ0n) is 36.1. The van der Waals surface area contributed by atoms with Crippen LogP contribution in [0, 0.1) is 16.6 Å². The number of hydrogen-bond acceptors (Lipinski definition) is 7. The van der Waals surface area contributed by atoms with E-state index in [1.54, 1.807) is 77.9 Å². The van der Waals surface area contributed by atoms with Crippen LogP contribution in [0.4, 0.5) is 19.7 Å². The number of amides is 6. The number of anilines is 1. The summed E-state index contributed by atoms with van der Waals surface area (Å²) in [6.45, 7) is 10.8. The van der Waals surface area contributed by atoms with Gasteiger partial charge in [-0.1, -0.05) is 90.1 Å². The van der Waals surface area contributed by atoms with Crippen molar-refractivity contribution in [1.82, 2.24) is 20.4 Å². The van der Waals surface area contributed by atoms with Crippen LogP contribution in [-0.4, -0.2) is 81.0 Å². The molecule has 8 N–H and O–H groups in total. The number of hydrogen-bond donors (Lipinski definition) is 6. The molecule has 0 unspecified atom stereocenters. The fourth-order valence-electron chi connectivity index (χ4n) is 9.93. The number of benzene rings is 3. The highest BCUT2D eigenvalue weighted by Crippen LogP contribution is 2.50. The number of carbonyl (C=O) groups is 6. The summed E-state index contributed by atoms with van der Waals surface area (Å²) < 4.78 is 14.5. The van der Waals surface area contributed by atoms with E-state index in [9.17, 15) is 43.4 Å². The van der Waals surface area contributed by atoms with Crippen molar-refractivity contribution < 1.29 is 43.4 Å². The molecule has 3 aliphatic rings. The fraction of sp³-hybridized carbons (Fsp3) is 0.478. The van der Waals surface area contributed by atoms with E-state index >= 15 is 0 Å². The van der Waals surface area contributed by atoms with Crippen molar-refractivity contribution in [3.8, 4) is 0 Å². The Labute approximate surface area is 361 Å². The molecule has 15 nitrogen and oxygen atoms in total. The van der Waals surface area contributed by atoms with E-state index in [0.29, 0.717) is 42.5 Å². The Kier molecular flexibility index (Phi) is 12.4. The van der Waals surface area contributed by atoms with Gasteiger partial charge in [-0.05, 0) is 95.9 Å². The smallest absolute Gasteiger partial charge is 0.405 e. The van der Waals surface area contributed by atoms with E-state index < -0.39 is 75.6 Å². The maximum absolute atomic E-state index is 14.5. The molecule has 332 valence electrons. The van der Waals surface area contributed by atoms with E-state index in [4.69, 9.17) is 11.5 Å². The number of primary amides is 2. The lowest BCUT2D eigenvalue weighted by atomic mass is 9.81. The second-order valence-corrected chi connectivity index (χ2v) is 18.9. The van der Waals surface area contributed by atoms with Crippen molar-refractivity contribution >= 4 is 41.5 Å². The molecule has 3 aromatic rings. The molecule has 16 heteroatoms. The van der Waals surface area contributed by atoms with Gasteiger partial charge in [0.05, 0.1) is 12.1 Å². The number of nitrogens with zero attached hydrogens (tertiary/aromatic N) is 3. The molecule has 0 bridgehead atoms. The Morgan fingerprint density at radius 1 is 0.661 bits per heavy atom. The van der Waals surface area contributed by atoms with Gasteiger partial charge in [-0.25, -0.2) is 14.0 Å². The first kappa shape index (κ1) is 45.3. The summed E-state index contributed by atoms with van der Waals surface area (Å²) in [5.41, 5.74) is 10.9. The number of likely N-dealkylation sites (tertiary alicyclic amines) is 2. The highest BCUT2D eigenvalue weighted by molar-refractivity contribution is 5.96. The molecule has 6 rings (SSSR count). The maximum atomic E-state index is 14.5. The normalized spacial score (nSPS) is 23.8. The van der Waals surface area contributed by atoms with E-state index in [1.165, 1.54) is 21.9 Å². The molecule has 0 saturated carbocycles. The molecule has 0 radical (unpaired) electrons. The standard InChI is InChI=1S/C46H58FN7O8/c1-43(2,3)35(50-41(59)60)37(55)52-23-9-21-45(52,39(48)57)29-13-7-11-27(25-29)33-19-20-34(54(33)32-17-15-31(47)16-18-32)28-12-8-14-30(26-28)46(40(49)58)22-10-24-53(46)38(56)36(44(4,5)6)51-42(61)62/h7-8,11-18,25-26,33-36,50-51H,9-10,19-24H2,1-6H3,(H2,48,57)(H2,49,58)(H,59,60)(H,61,62)/t33-,34+,35-,36-,45+,46+/m1/s1. The average molecular weight is 856 g/mol. The molecular weight excluding hydrogens is 798 g/mol. The summed E-state index contributed by atoms with van der Waals surface area (Å²) in [7, 11) is 0. The van der Waals surface area contributed by atoms with Crippen molar-refractivity contribution in [2.45, 2.75) is 115 Å². The van der Waals surface area contributed by atoms with Gasteiger partial charge in [0, 0.05) is 18.8 Å². The lowest BCUT2D eigenvalue weighted by molar-refractivity contribution is -0.147. The van der Waals surface area contributed by atoms with Crippen molar-refractivity contribution in [3.63, 3.8) is 0 Å². The number of nitrogens with two attached hydrogens (primary N) is 2. The van der Waals surface area contributed by atoms with E-state index in [1.807, 2.05) is 24.3 Å². The van der Waals surface area contributed by atoms with Crippen molar-refractivity contribution in [2.24, 2.45) is 22.3 Å². The number of carboxylic acid groups (broad SMARTS) is 2. The van der Waals surface area contributed by atoms with Crippen molar-refractivity contribution in [3.05, 3.63) is 101 Å². The number of halogens is 1. The predicted octanol–water partition coefficient (Wildman–Crippen LogP) is 5.88. The van der Waals surface area contributed by atoms with Crippen molar-refractivity contribution in [1.29, 1.82) is 0 Å². The van der Waals surface area contributed by atoms with Crippen LogP contribution in [0.5, 0.6) is 0 Å². The molecule has 3 heterocycles. The van der Waals surface area contributed by atoms with Gasteiger partial charge < -0.3 is 47.0 Å². The summed E-state index contributed by atoms with van der Waals surface area (Å²) in [6, 6.07) is 17.8.